The summed E-state index contributed by atoms with van der Waals surface area (Å²) in [5.41, 5.74) is 7.49. The molecule has 2 N–H and O–H groups in total. The lowest BCUT2D eigenvalue weighted by atomic mass is 9.47. The fourth-order valence-corrected chi connectivity index (χ4v) is 6.68. The number of aryl methyl sites for hydroxylation is 1. The third-order valence-corrected chi connectivity index (χ3v) is 7.34. The third-order valence-electron chi connectivity index (χ3n) is 6.06. The van der Waals surface area contributed by atoms with Gasteiger partial charge < -0.3 is 5.73 Å². The molecule has 0 aliphatic heterocycles. The van der Waals surface area contributed by atoms with Crippen LogP contribution in [-0.2, 0) is 14.3 Å². The highest BCUT2D eigenvalue weighted by molar-refractivity contribution is 7.86. The van der Waals surface area contributed by atoms with E-state index in [2.05, 4.69) is 0 Å². The van der Waals surface area contributed by atoms with Crippen molar-refractivity contribution in [1.82, 2.24) is 0 Å². The van der Waals surface area contributed by atoms with Gasteiger partial charge in [-0.1, -0.05) is 17.7 Å². The average Bonchev–Trinajstić information content (AvgIpc) is 2.43. The van der Waals surface area contributed by atoms with E-state index in [4.69, 9.17) is 9.92 Å². The zero-order chi connectivity index (χ0) is 16.3. The Morgan fingerprint density at radius 3 is 2.30 bits per heavy atom. The van der Waals surface area contributed by atoms with E-state index in [0.717, 1.165) is 37.7 Å². The molecule has 2 atom stereocenters. The minimum atomic E-state index is -3.68. The number of hydrogen-bond donors (Lipinski definition) is 1. The highest BCUT2D eigenvalue weighted by atomic mass is 32.2. The summed E-state index contributed by atoms with van der Waals surface area (Å²) in [4.78, 5) is 0.246. The smallest absolute Gasteiger partial charge is 0.296 e. The van der Waals surface area contributed by atoms with Crippen molar-refractivity contribution in [2.24, 2.45) is 23.0 Å². The first-order valence-corrected chi connectivity index (χ1v) is 9.94. The fourth-order valence-electron chi connectivity index (χ4n) is 5.67. The first kappa shape index (κ1) is 15.6. The van der Waals surface area contributed by atoms with Crippen molar-refractivity contribution in [2.75, 3.05) is 6.61 Å². The molecule has 0 heterocycles. The molecule has 0 amide bonds. The van der Waals surface area contributed by atoms with Crippen molar-refractivity contribution < 1.29 is 12.6 Å². The predicted octanol–water partition coefficient (Wildman–Crippen LogP) is 3.00. The summed E-state index contributed by atoms with van der Waals surface area (Å²) in [5, 5.41) is 0. The Hall–Kier alpha value is -0.910. The monoisotopic (exact) mass is 335 g/mol. The summed E-state index contributed by atoms with van der Waals surface area (Å²) in [7, 11) is -3.68. The van der Waals surface area contributed by atoms with E-state index in [1.807, 2.05) is 6.92 Å². The van der Waals surface area contributed by atoms with Crippen LogP contribution in [0.3, 0.4) is 0 Å². The molecule has 0 radical (unpaired) electrons. The van der Waals surface area contributed by atoms with Crippen LogP contribution in [0.5, 0.6) is 0 Å². The summed E-state index contributed by atoms with van der Waals surface area (Å²) >= 11 is 0. The molecule has 0 saturated heterocycles. The van der Waals surface area contributed by atoms with Gasteiger partial charge in [-0.15, -0.1) is 0 Å². The predicted molar refractivity (Wildman–Crippen MR) is 88.4 cm³/mol. The summed E-state index contributed by atoms with van der Waals surface area (Å²) < 4.78 is 30.4. The van der Waals surface area contributed by atoms with Gasteiger partial charge in [-0.05, 0) is 74.8 Å². The lowest BCUT2D eigenvalue weighted by Crippen LogP contribution is -2.61. The molecule has 4 aliphatic carbocycles. The molecule has 1 aromatic rings. The van der Waals surface area contributed by atoms with Crippen LogP contribution in [0.2, 0.25) is 0 Å². The molecule has 4 nitrogen and oxygen atoms in total. The normalized spacial score (nSPS) is 38.9. The van der Waals surface area contributed by atoms with Gasteiger partial charge in [-0.25, -0.2) is 0 Å². The summed E-state index contributed by atoms with van der Waals surface area (Å²) in [6.45, 7) is 2.22. The molecule has 4 aliphatic rings. The second-order valence-electron chi connectivity index (χ2n) is 8.35. The van der Waals surface area contributed by atoms with Gasteiger partial charge in [0.15, 0.2) is 0 Å². The summed E-state index contributed by atoms with van der Waals surface area (Å²) in [6.07, 6.45) is 6.55. The van der Waals surface area contributed by atoms with Crippen molar-refractivity contribution >= 4 is 10.1 Å². The molecule has 5 rings (SSSR count). The maximum absolute atomic E-state index is 12.5. The molecule has 5 heteroatoms. The van der Waals surface area contributed by atoms with Gasteiger partial charge in [0.2, 0.25) is 0 Å². The SMILES string of the molecule is Cc1ccc(S(=O)(=O)OCC23CC4CC(CC(N)(C4)C2)C3)cc1. The Kier molecular flexibility index (Phi) is 3.42. The molecule has 2 unspecified atom stereocenters. The summed E-state index contributed by atoms with van der Waals surface area (Å²) in [5.74, 6) is 1.32. The molecular formula is C18H25NO3S. The number of rotatable bonds is 4. The molecule has 0 aromatic heterocycles. The van der Waals surface area contributed by atoms with E-state index in [0.29, 0.717) is 11.8 Å². The Balaban J connectivity index is 1.51. The van der Waals surface area contributed by atoms with Gasteiger partial charge in [0, 0.05) is 5.54 Å². The van der Waals surface area contributed by atoms with Crippen LogP contribution >= 0.6 is 0 Å². The first-order valence-electron chi connectivity index (χ1n) is 8.53. The largest absolute Gasteiger partial charge is 0.325 e. The zero-order valence-electron chi connectivity index (χ0n) is 13.6. The zero-order valence-corrected chi connectivity index (χ0v) is 14.4. The van der Waals surface area contributed by atoms with Gasteiger partial charge in [-0.2, -0.15) is 8.42 Å². The summed E-state index contributed by atoms with van der Waals surface area (Å²) in [6, 6.07) is 6.84. The minimum absolute atomic E-state index is 0.0312. The topological polar surface area (TPSA) is 69.4 Å². The van der Waals surface area contributed by atoms with Crippen molar-refractivity contribution in [1.29, 1.82) is 0 Å². The third kappa shape index (κ3) is 2.83. The van der Waals surface area contributed by atoms with E-state index in [1.165, 1.54) is 6.42 Å². The Bertz CT molecular complexity index is 696. The molecule has 126 valence electrons. The van der Waals surface area contributed by atoms with Crippen molar-refractivity contribution in [2.45, 2.75) is 55.9 Å². The lowest BCUT2D eigenvalue weighted by Gasteiger charge is -2.60. The van der Waals surface area contributed by atoms with E-state index in [-0.39, 0.29) is 22.5 Å². The van der Waals surface area contributed by atoms with E-state index < -0.39 is 10.1 Å². The Morgan fingerprint density at radius 2 is 1.74 bits per heavy atom. The van der Waals surface area contributed by atoms with E-state index in [9.17, 15) is 8.42 Å². The molecular weight excluding hydrogens is 310 g/mol. The Morgan fingerprint density at radius 1 is 1.13 bits per heavy atom. The van der Waals surface area contributed by atoms with Crippen LogP contribution in [-0.4, -0.2) is 20.6 Å². The van der Waals surface area contributed by atoms with Crippen LogP contribution in [0.15, 0.2) is 29.2 Å². The molecule has 4 bridgehead atoms. The van der Waals surface area contributed by atoms with E-state index >= 15 is 0 Å². The van der Waals surface area contributed by atoms with Crippen molar-refractivity contribution in [3.05, 3.63) is 29.8 Å². The number of nitrogens with two attached hydrogens (primary N) is 1. The van der Waals surface area contributed by atoms with Crippen molar-refractivity contribution in [3.8, 4) is 0 Å². The quantitative estimate of drug-likeness (QED) is 0.859. The highest BCUT2D eigenvalue weighted by Crippen LogP contribution is 2.60. The number of hydrogen-bond acceptors (Lipinski definition) is 4. The standard InChI is InChI=1S/C18H25NO3S/c1-13-2-4-16(5-3-13)23(20,21)22-12-17-7-14-6-15(8-17)10-18(19,9-14)11-17/h2-5,14-15H,6-12,19H2,1H3. The van der Waals surface area contributed by atoms with Gasteiger partial charge in [0.1, 0.15) is 0 Å². The molecule has 4 fully saturated rings. The van der Waals surface area contributed by atoms with Crippen LogP contribution in [0.25, 0.3) is 0 Å². The van der Waals surface area contributed by atoms with Crippen LogP contribution in [0, 0.1) is 24.2 Å². The van der Waals surface area contributed by atoms with E-state index in [1.54, 1.807) is 24.3 Å². The van der Waals surface area contributed by atoms with Crippen LogP contribution in [0.1, 0.15) is 44.1 Å². The molecule has 4 saturated carbocycles. The average molecular weight is 335 g/mol. The second kappa shape index (κ2) is 5.04. The maximum Gasteiger partial charge on any atom is 0.296 e. The molecule has 0 spiro atoms. The van der Waals surface area contributed by atoms with Gasteiger partial charge in [0.25, 0.3) is 10.1 Å². The van der Waals surface area contributed by atoms with Crippen molar-refractivity contribution in [3.63, 3.8) is 0 Å². The lowest BCUT2D eigenvalue weighted by molar-refractivity contribution is -0.0858. The molecule has 1 aromatic carbocycles. The highest BCUT2D eigenvalue weighted by Gasteiger charge is 2.56. The van der Waals surface area contributed by atoms with Gasteiger partial charge >= 0.3 is 0 Å². The Labute approximate surface area is 138 Å². The van der Waals surface area contributed by atoms with Crippen LogP contribution in [0.4, 0.5) is 0 Å². The van der Waals surface area contributed by atoms with Gasteiger partial charge in [0.05, 0.1) is 11.5 Å². The second-order valence-corrected chi connectivity index (χ2v) is 9.97. The molecule has 23 heavy (non-hydrogen) atoms. The first-order chi connectivity index (χ1) is 10.8. The minimum Gasteiger partial charge on any atom is -0.325 e. The maximum atomic E-state index is 12.5. The number of benzene rings is 1. The fraction of sp³-hybridized carbons (Fsp3) is 0.667. The van der Waals surface area contributed by atoms with Crippen LogP contribution < -0.4 is 5.73 Å². The van der Waals surface area contributed by atoms with Gasteiger partial charge in [-0.3, -0.25) is 4.18 Å².